The third kappa shape index (κ3) is 5.36. The molecule has 0 saturated carbocycles. The zero-order valence-corrected chi connectivity index (χ0v) is 17.2. The number of benzene rings is 1. The van der Waals surface area contributed by atoms with Crippen LogP contribution in [-0.2, 0) is 16.0 Å². The summed E-state index contributed by atoms with van der Waals surface area (Å²) in [5.41, 5.74) is 2.58. The average Bonchev–Trinajstić information content (AvgIpc) is 2.94. The van der Waals surface area contributed by atoms with E-state index in [1.54, 1.807) is 7.05 Å². The molecule has 1 fully saturated rings. The molecule has 1 N–H and O–H groups in total. The maximum Gasteiger partial charge on any atom is 0.310 e. The standard InChI is InChI=1S/C18H27N3O2.HI/c1-13-5-7-15(8-6-13)9-10-20-18(19-3)21-11-14(2)16(12-21)17(22)23-4;/h5-8,14,16H,9-12H2,1-4H3,(H,19,20);1H. The maximum absolute atomic E-state index is 11.8. The SMILES string of the molecule is CN=C(NCCc1ccc(C)cc1)N1CC(C)C(C(=O)OC)C1.I. The van der Waals surface area contributed by atoms with E-state index >= 15 is 0 Å². The van der Waals surface area contributed by atoms with E-state index in [1.165, 1.54) is 18.2 Å². The fourth-order valence-electron chi connectivity index (χ4n) is 3.00. The number of rotatable bonds is 4. The van der Waals surface area contributed by atoms with E-state index in [4.69, 9.17) is 4.74 Å². The second-order valence-electron chi connectivity index (χ2n) is 6.22. The number of carbonyl (C=O) groups is 1. The van der Waals surface area contributed by atoms with Gasteiger partial charge in [-0.15, -0.1) is 24.0 Å². The molecule has 0 bridgehead atoms. The maximum atomic E-state index is 11.8. The lowest BCUT2D eigenvalue weighted by molar-refractivity contribution is -0.145. The molecule has 2 atom stereocenters. The van der Waals surface area contributed by atoms with Crippen LogP contribution in [-0.4, -0.2) is 50.6 Å². The van der Waals surface area contributed by atoms with Gasteiger partial charge in [-0.2, -0.15) is 0 Å². The minimum Gasteiger partial charge on any atom is -0.469 e. The molecule has 1 aliphatic rings. The van der Waals surface area contributed by atoms with Gasteiger partial charge in [0.1, 0.15) is 0 Å². The summed E-state index contributed by atoms with van der Waals surface area (Å²) in [5, 5.41) is 3.40. The van der Waals surface area contributed by atoms with Gasteiger partial charge in [0, 0.05) is 26.7 Å². The summed E-state index contributed by atoms with van der Waals surface area (Å²) < 4.78 is 4.89. The van der Waals surface area contributed by atoms with Crippen LogP contribution in [0.15, 0.2) is 29.3 Å². The second-order valence-corrected chi connectivity index (χ2v) is 6.22. The molecule has 0 aliphatic carbocycles. The molecule has 1 aromatic carbocycles. The molecule has 0 amide bonds. The lowest BCUT2D eigenvalue weighted by atomic mass is 9.99. The summed E-state index contributed by atoms with van der Waals surface area (Å²) in [6, 6.07) is 8.58. The first-order valence-electron chi connectivity index (χ1n) is 8.14. The number of hydrogen-bond donors (Lipinski definition) is 1. The summed E-state index contributed by atoms with van der Waals surface area (Å²) in [7, 11) is 3.23. The Morgan fingerprint density at radius 2 is 2.00 bits per heavy atom. The van der Waals surface area contributed by atoms with E-state index in [9.17, 15) is 4.79 Å². The average molecular weight is 445 g/mol. The van der Waals surface area contributed by atoms with Crippen molar-refractivity contribution in [1.82, 2.24) is 10.2 Å². The van der Waals surface area contributed by atoms with Crippen molar-refractivity contribution < 1.29 is 9.53 Å². The molecule has 1 heterocycles. The lowest BCUT2D eigenvalue weighted by Gasteiger charge is -2.21. The number of esters is 1. The number of ether oxygens (including phenoxy) is 1. The number of carbonyl (C=O) groups excluding carboxylic acids is 1. The Morgan fingerprint density at radius 3 is 2.58 bits per heavy atom. The highest BCUT2D eigenvalue weighted by Crippen LogP contribution is 2.24. The van der Waals surface area contributed by atoms with Gasteiger partial charge in [-0.1, -0.05) is 36.8 Å². The monoisotopic (exact) mass is 445 g/mol. The van der Waals surface area contributed by atoms with Crippen LogP contribution in [0.1, 0.15) is 18.1 Å². The van der Waals surface area contributed by atoms with Crippen molar-refractivity contribution in [2.45, 2.75) is 20.3 Å². The summed E-state index contributed by atoms with van der Waals surface area (Å²) in [6.07, 6.45) is 0.948. The van der Waals surface area contributed by atoms with E-state index in [2.05, 4.69) is 53.3 Å². The minimum atomic E-state index is -0.130. The first-order chi connectivity index (χ1) is 11.0. The number of halogens is 1. The van der Waals surface area contributed by atoms with E-state index in [0.717, 1.165) is 25.5 Å². The second kappa shape index (κ2) is 9.86. The lowest BCUT2D eigenvalue weighted by Crippen LogP contribution is -2.41. The number of hydrogen-bond acceptors (Lipinski definition) is 3. The number of aryl methyl sites for hydroxylation is 1. The molecule has 1 aliphatic heterocycles. The molecule has 1 aromatic rings. The van der Waals surface area contributed by atoms with Gasteiger partial charge in [0.15, 0.2) is 5.96 Å². The molecular formula is C18H28IN3O2. The van der Waals surface area contributed by atoms with Gasteiger partial charge >= 0.3 is 5.97 Å². The minimum absolute atomic E-state index is 0. The van der Waals surface area contributed by atoms with Crippen LogP contribution in [0.25, 0.3) is 0 Å². The van der Waals surface area contributed by atoms with Crippen molar-refractivity contribution in [2.24, 2.45) is 16.8 Å². The molecule has 5 nitrogen and oxygen atoms in total. The first-order valence-corrected chi connectivity index (χ1v) is 8.14. The van der Waals surface area contributed by atoms with Crippen molar-refractivity contribution in [3.63, 3.8) is 0 Å². The Hall–Kier alpha value is -1.31. The predicted molar refractivity (Wildman–Crippen MR) is 108 cm³/mol. The Morgan fingerprint density at radius 1 is 1.33 bits per heavy atom. The normalized spacial score (nSPS) is 20.5. The van der Waals surface area contributed by atoms with Crippen LogP contribution >= 0.6 is 24.0 Å². The van der Waals surface area contributed by atoms with Crippen molar-refractivity contribution in [2.75, 3.05) is 33.8 Å². The molecule has 0 aromatic heterocycles. The van der Waals surface area contributed by atoms with E-state index in [0.29, 0.717) is 6.54 Å². The molecular weight excluding hydrogens is 417 g/mol. The van der Waals surface area contributed by atoms with E-state index in [-0.39, 0.29) is 41.8 Å². The van der Waals surface area contributed by atoms with Crippen LogP contribution in [0.4, 0.5) is 0 Å². The molecule has 2 unspecified atom stereocenters. The van der Waals surface area contributed by atoms with Gasteiger partial charge in [-0.25, -0.2) is 0 Å². The Labute approximate surface area is 161 Å². The Bertz CT molecular complexity index is 560. The fourth-order valence-corrected chi connectivity index (χ4v) is 3.00. The molecule has 0 spiro atoms. The summed E-state index contributed by atoms with van der Waals surface area (Å²) in [5.74, 6) is 0.930. The zero-order chi connectivity index (χ0) is 16.8. The molecule has 24 heavy (non-hydrogen) atoms. The van der Waals surface area contributed by atoms with Crippen LogP contribution in [0.5, 0.6) is 0 Å². The Kier molecular flexibility index (Phi) is 8.52. The van der Waals surface area contributed by atoms with Crippen molar-refractivity contribution in [1.29, 1.82) is 0 Å². The highest BCUT2D eigenvalue weighted by molar-refractivity contribution is 14.0. The highest BCUT2D eigenvalue weighted by Gasteiger charge is 2.36. The topological polar surface area (TPSA) is 53.9 Å². The third-order valence-electron chi connectivity index (χ3n) is 4.45. The summed E-state index contributed by atoms with van der Waals surface area (Å²) >= 11 is 0. The summed E-state index contributed by atoms with van der Waals surface area (Å²) in [6.45, 7) is 6.49. The number of guanidine groups is 1. The van der Waals surface area contributed by atoms with Gasteiger partial charge in [0.25, 0.3) is 0 Å². The number of nitrogens with one attached hydrogen (secondary N) is 1. The fraction of sp³-hybridized carbons (Fsp3) is 0.556. The number of methoxy groups -OCH3 is 1. The molecule has 134 valence electrons. The van der Waals surface area contributed by atoms with Crippen molar-refractivity contribution in [3.8, 4) is 0 Å². The predicted octanol–water partition coefficient (Wildman–Crippen LogP) is 2.47. The first kappa shape index (κ1) is 20.7. The van der Waals surface area contributed by atoms with E-state index in [1.807, 2.05) is 0 Å². The molecule has 1 saturated heterocycles. The number of aliphatic imine (C=N–C) groups is 1. The van der Waals surface area contributed by atoms with E-state index < -0.39 is 0 Å². The smallest absolute Gasteiger partial charge is 0.310 e. The summed E-state index contributed by atoms with van der Waals surface area (Å²) in [4.78, 5) is 18.3. The Balaban J connectivity index is 0.00000288. The molecule has 0 radical (unpaired) electrons. The number of nitrogens with zero attached hydrogens (tertiary/aromatic N) is 2. The molecule has 2 rings (SSSR count). The van der Waals surface area contributed by atoms with Gasteiger partial charge < -0.3 is 15.0 Å². The largest absolute Gasteiger partial charge is 0.469 e. The van der Waals surface area contributed by atoms with Gasteiger partial charge in [-0.3, -0.25) is 9.79 Å². The highest BCUT2D eigenvalue weighted by atomic mass is 127. The van der Waals surface area contributed by atoms with Crippen LogP contribution in [0.3, 0.4) is 0 Å². The zero-order valence-electron chi connectivity index (χ0n) is 14.9. The van der Waals surface area contributed by atoms with Gasteiger partial charge in [0.05, 0.1) is 13.0 Å². The molecule has 6 heteroatoms. The third-order valence-corrected chi connectivity index (χ3v) is 4.45. The quantitative estimate of drug-likeness (QED) is 0.335. The van der Waals surface area contributed by atoms with Gasteiger partial charge in [0.2, 0.25) is 0 Å². The van der Waals surface area contributed by atoms with Crippen molar-refractivity contribution in [3.05, 3.63) is 35.4 Å². The van der Waals surface area contributed by atoms with Crippen LogP contribution in [0.2, 0.25) is 0 Å². The number of likely N-dealkylation sites (tertiary alicyclic amines) is 1. The van der Waals surface area contributed by atoms with Gasteiger partial charge in [-0.05, 0) is 24.8 Å². The van der Waals surface area contributed by atoms with Crippen LogP contribution in [0, 0.1) is 18.8 Å². The van der Waals surface area contributed by atoms with Crippen LogP contribution < -0.4 is 5.32 Å². The van der Waals surface area contributed by atoms with Crippen molar-refractivity contribution >= 4 is 35.9 Å².